The molecule has 0 aromatic heterocycles. The Balaban J connectivity index is 3.22. The van der Waals surface area contributed by atoms with Gasteiger partial charge in [-0.2, -0.15) is 0 Å². The van der Waals surface area contributed by atoms with E-state index in [4.69, 9.17) is 4.74 Å². The van der Waals surface area contributed by atoms with E-state index < -0.39 is 0 Å². The van der Waals surface area contributed by atoms with E-state index in [-0.39, 0.29) is 6.10 Å². The lowest BCUT2D eigenvalue weighted by Gasteiger charge is -2.09. The molecule has 11 heavy (non-hydrogen) atoms. The topological polar surface area (TPSA) is 29.5 Å². The molecule has 0 aliphatic rings. The van der Waals surface area contributed by atoms with Crippen LogP contribution in [0.4, 0.5) is 0 Å². The van der Waals surface area contributed by atoms with Crippen LogP contribution in [0.3, 0.4) is 0 Å². The SMILES string of the molecule is C=C(C)CCC(O)COCC. The first-order chi connectivity index (χ1) is 5.16. The van der Waals surface area contributed by atoms with Gasteiger partial charge in [-0.1, -0.05) is 5.57 Å². The molecule has 0 saturated heterocycles. The molecular weight excluding hydrogens is 140 g/mol. The fourth-order valence-electron chi connectivity index (χ4n) is 0.750. The molecule has 1 N–H and O–H groups in total. The van der Waals surface area contributed by atoms with Gasteiger partial charge in [0.25, 0.3) is 0 Å². The highest BCUT2D eigenvalue weighted by molar-refractivity contribution is 4.88. The highest BCUT2D eigenvalue weighted by Gasteiger charge is 2.02. The van der Waals surface area contributed by atoms with Gasteiger partial charge in [0.15, 0.2) is 0 Å². The van der Waals surface area contributed by atoms with Crippen molar-refractivity contribution >= 4 is 0 Å². The minimum atomic E-state index is -0.327. The Morgan fingerprint density at radius 2 is 2.27 bits per heavy atom. The maximum absolute atomic E-state index is 9.26. The fourth-order valence-corrected chi connectivity index (χ4v) is 0.750. The molecule has 0 heterocycles. The Morgan fingerprint density at radius 1 is 1.64 bits per heavy atom. The molecule has 0 aliphatic carbocycles. The van der Waals surface area contributed by atoms with Crippen molar-refractivity contribution in [1.29, 1.82) is 0 Å². The number of hydrogen-bond donors (Lipinski definition) is 1. The maximum atomic E-state index is 9.26. The van der Waals surface area contributed by atoms with Crippen molar-refractivity contribution in [2.75, 3.05) is 13.2 Å². The van der Waals surface area contributed by atoms with E-state index in [1.807, 2.05) is 13.8 Å². The summed E-state index contributed by atoms with van der Waals surface area (Å²) in [6.45, 7) is 8.76. The van der Waals surface area contributed by atoms with Gasteiger partial charge in [-0.15, -0.1) is 6.58 Å². The first kappa shape index (κ1) is 10.7. The van der Waals surface area contributed by atoms with Gasteiger partial charge in [-0.05, 0) is 26.7 Å². The lowest BCUT2D eigenvalue weighted by Crippen LogP contribution is -2.14. The summed E-state index contributed by atoms with van der Waals surface area (Å²) in [5, 5.41) is 9.26. The lowest BCUT2D eigenvalue weighted by molar-refractivity contribution is 0.0384. The molecule has 0 amide bonds. The lowest BCUT2D eigenvalue weighted by atomic mass is 10.1. The number of hydrogen-bond acceptors (Lipinski definition) is 2. The Hall–Kier alpha value is -0.340. The summed E-state index contributed by atoms with van der Waals surface area (Å²) in [6, 6.07) is 0. The zero-order valence-electron chi connectivity index (χ0n) is 7.47. The number of ether oxygens (including phenoxy) is 1. The molecule has 2 heteroatoms. The van der Waals surface area contributed by atoms with Gasteiger partial charge in [-0.3, -0.25) is 0 Å². The van der Waals surface area contributed by atoms with Crippen LogP contribution in [0.5, 0.6) is 0 Å². The zero-order chi connectivity index (χ0) is 8.69. The molecule has 0 aliphatic heterocycles. The molecule has 1 unspecified atom stereocenters. The molecule has 0 aromatic carbocycles. The third kappa shape index (κ3) is 7.56. The quantitative estimate of drug-likeness (QED) is 0.597. The standard InChI is InChI=1S/C9H18O2/c1-4-11-7-9(10)6-5-8(2)3/h9-10H,2,4-7H2,1,3H3. The summed E-state index contributed by atoms with van der Waals surface area (Å²) in [7, 11) is 0. The third-order valence-electron chi connectivity index (χ3n) is 1.42. The smallest absolute Gasteiger partial charge is 0.0776 e. The second-order valence-corrected chi connectivity index (χ2v) is 2.81. The predicted octanol–water partition coefficient (Wildman–Crippen LogP) is 1.74. The van der Waals surface area contributed by atoms with Crippen molar-refractivity contribution in [1.82, 2.24) is 0 Å². The van der Waals surface area contributed by atoms with E-state index in [0.717, 1.165) is 18.4 Å². The van der Waals surface area contributed by atoms with Crippen molar-refractivity contribution in [2.45, 2.75) is 32.8 Å². The largest absolute Gasteiger partial charge is 0.391 e. The molecule has 0 spiro atoms. The summed E-state index contributed by atoms with van der Waals surface area (Å²) >= 11 is 0. The molecule has 0 bridgehead atoms. The van der Waals surface area contributed by atoms with Crippen LogP contribution in [0.15, 0.2) is 12.2 Å². The van der Waals surface area contributed by atoms with Crippen molar-refractivity contribution in [3.63, 3.8) is 0 Å². The van der Waals surface area contributed by atoms with Gasteiger partial charge in [-0.25, -0.2) is 0 Å². The molecule has 0 radical (unpaired) electrons. The molecule has 2 nitrogen and oxygen atoms in total. The molecule has 0 saturated carbocycles. The fraction of sp³-hybridized carbons (Fsp3) is 0.778. The van der Waals surface area contributed by atoms with E-state index in [0.29, 0.717) is 13.2 Å². The molecule has 0 fully saturated rings. The Morgan fingerprint density at radius 3 is 2.73 bits per heavy atom. The van der Waals surface area contributed by atoms with E-state index in [2.05, 4.69) is 6.58 Å². The zero-order valence-corrected chi connectivity index (χ0v) is 7.47. The number of aliphatic hydroxyl groups excluding tert-OH is 1. The molecule has 1 atom stereocenters. The van der Waals surface area contributed by atoms with Crippen LogP contribution >= 0.6 is 0 Å². The Kier molecular flexibility index (Phi) is 6.18. The van der Waals surface area contributed by atoms with Gasteiger partial charge < -0.3 is 9.84 Å². The Bertz CT molecular complexity index is 110. The summed E-state index contributed by atoms with van der Waals surface area (Å²) in [5.41, 5.74) is 1.11. The minimum Gasteiger partial charge on any atom is -0.391 e. The molecule has 0 aromatic rings. The Labute approximate surface area is 68.9 Å². The number of allylic oxidation sites excluding steroid dienone is 1. The van der Waals surface area contributed by atoms with Crippen LogP contribution in [0.1, 0.15) is 26.7 Å². The molecule has 0 rings (SSSR count). The van der Waals surface area contributed by atoms with Gasteiger partial charge in [0.05, 0.1) is 12.7 Å². The summed E-state index contributed by atoms with van der Waals surface area (Å²) in [5.74, 6) is 0. The van der Waals surface area contributed by atoms with Gasteiger partial charge in [0, 0.05) is 6.61 Å². The monoisotopic (exact) mass is 158 g/mol. The molecular formula is C9H18O2. The highest BCUT2D eigenvalue weighted by atomic mass is 16.5. The molecule has 66 valence electrons. The second-order valence-electron chi connectivity index (χ2n) is 2.81. The normalized spacial score (nSPS) is 13.0. The number of aliphatic hydroxyl groups is 1. The van der Waals surface area contributed by atoms with Crippen LogP contribution in [0.2, 0.25) is 0 Å². The van der Waals surface area contributed by atoms with E-state index in [1.54, 1.807) is 0 Å². The summed E-state index contributed by atoms with van der Waals surface area (Å²) < 4.78 is 5.05. The third-order valence-corrected chi connectivity index (χ3v) is 1.42. The van der Waals surface area contributed by atoms with Crippen LogP contribution in [0, 0.1) is 0 Å². The van der Waals surface area contributed by atoms with Gasteiger partial charge in [0.1, 0.15) is 0 Å². The van der Waals surface area contributed by atoms with Crippen LogP contribution in [0.25, 0.3) is 0 Å². The number of rotatable bonds is 6. The highest BCUT2D eigenvalue weighted by Crippen LogP contribution is 2.04. The van der Waals surface area contributed by atoms with Crippen LogP contribution in [-0.2, 0) is 4.74 Å². The predicted molar refractivity (Wildman–Crippen MR) is 46.5 cm³/mol. The van der Waals surface area contributed by atoms with Crippen LogP contribution in [-0.4, -0.2) is 24.4 Å². The van der Waals surface area contributed by atoms with Gasteiger partial charge in [0.2, 0.25) is 0 Å². The van der Waals surface area contributed by atoms with Crippen molar-refractivity contribution in [2.24, 2.45) is 0 Å². The summed E-state index contributed by atoms with van der Waals surface area (Å²) in [6.07, 6.45) is 1.32. The van der Waals surface area contributed by atoms with E-state index >= 15 is 0 Å². The average Bonchev–Trinajstić information content (AvgIpc) is 1.97. The van der Waals surface area contributed by atoms with E-state index in [1.165, 1.54) is 0 Å². The first-order valence-electron chi connectivity index (χ1n) is 4.07. The average molecular weight is 158 g/mol. The maximum Gasteiger partial charge on any atom is 0.0776 e. The first-order valence-corrected chi connectivity index (χ1v) is 4.07. The van der Waals surface area contributed by atoms with E-state index in [9.17, 15) is 5.11 Å². The van der Waals surface area contributed by atoms with Crippen molar-refractivity contribution in [3.8, 4) is 0 Å². The van der Waals surface area contributed by atoms with Crippen molar-refractivity contribution in [3.05, 3.63) is 12.2 Å². The van der Waals surface area contributed by atoms with Gasteiger partial charge >= 0.3 is 0 Å². The van der Waals surface area contributed by atoms with Crippen LogP contribution < -0.4 is 0 Å². The second kappa shape index (κ2) is 6.38. The van der Waals surface area contributed by atoms with Crippen molar-refractivity contribution < 1.29 is 9.84 Å². The minimum absolute atomic E-state index is 0.327. The summed E-state index contributed by atoms with van der Waals surface area (Å²) in [4.78, 5) is 0.